The number of aliphatic hydroxyl groups is 1. The third kappa shape index (κ3) is 9.33. The van der Waals surface area contributed by atoms with Gasteiger partial charge < -0.3 is 11.3 Å². The second-order valence-electron chi connectivity index (χ2n) is 2.56. The molecule has 0 heterocycles. The normalized spacial score (nSPS) is 10.5. The first-order chi connectivity index (χ1) is 3.06. The Morgan fingerprint density at radius 2 is 1.75 bits per heavy atom. The summed E-state index contributed by atoms with van der Waals surface area (Å²) < 4.78 is 0. The summed E-state index contributed by atoms with van der Waals surface area (Å²) in [5.41, 5.74) is -0.450. The Hall–Kier alpha value is -0.0800. The molecule has 2 nitrogen and oxygen atoms in total. The predicted octanol–water partition coefficient (Wildman–Crippen LogP) is 1.72. The van der Waals surface area contributed by atoms with Gasteiger partial charge in [0.25, 0.3) is 0 Å². The summed E-state index contributed by atoms with van der Waals surface area (Å²) in [6, 6.07) is 0. The van der Waals surface area contributed by atoms with Crippen LogP contribution >= 0.6 is 0 Å². The monoisotopic (exact) mass is 119 g/mol. The first-order valence-corrected chi connectivity index (χ1v) is 2.78. The molecule has 2 heteroatoms. The molecule has 0 fully saturated rings. The number of rotatable bonds is 2. The van der Waals surface area contributed by atoms with Crippen LogP contribution in [0.25, 0.3) is 0 Å². The van der Waals surface area contributed by atoms with Crippen LogP contribution in [0.5, 0.6) is 0 Å². The van der Waals surface area contributed by atoms with Crippen LogP contribution in [0, 0.1) is 0 Å². The fourth-order valence-electron chi connectivity index (χ4n) is 0.612. The van der Waals surface area contributed by atoms with Crippen LogP contribution in [0.3, 0.4) is 0 Å². The van der Waals surface area contributed by atoms with Gasteiger partial charge in [-0.05, 0) is 20.3 Å². The minimum atomic E-state index is -0.450. The summed E-state index contributed by atoms with van der Waals surface area (Å²) in [7, 11) is 0. The van der Waals surface area contributed by atoms with E-state index in [1.807, 2.05) is 13.8 Å². The van der Waals surface area contributed by atoms with Gasteiger partial charge in [-0.1, -0.05) is 13.3 Å². The third-order valence-electron chi connectivity index (χ3n) is 0.862. The van der Waals surface area contributed by atoms with Crippen molar-refractivity contribution < 1.29 is 5.11 Å². The van der Waals surface area contributed by atoms with E-state index in [1.54, 1.807) is 0 Å². The lowest BCUT2D eigenvalue weighted by Crippen LogP contribution is -2.16. The molecule has 0 aliphatic carbocycles. The predicted molar refractivity (Wildman–Crippen MR) is 36.2 cm³/mol. The van der Waals surface area contributed by atoms with Crippen LogP contribution in [-0.2, 0) is 0 Å². The lowest BCUT2D eigenvalue weighted by atomic mass is 10.0. The van der Waals surface area contributed by atoms with Crippen LogP contribution in [-0.4, -0.2) is 10.7 Å². The van der Waals surface area contributed by atoms with Gasteiger partial charge in [-0.2, -0.15) is 0 Å². The van der Waals surface area contributed by atoms with E-state index < -0.39 is 5.60 Å². The van der Waals surface area contributed by atoms with Crippen LogP contribution in [0.2, 0.25) is 0 Å². The molecule has 4 N–H and O–H groups in total. The Morgan fingerprint density at radius 1 is 1.38 bits per heavy atom. The lowest BCUT2D eigenvalue weighted by Gasteiger charge is -2.14. The smallest absolute Gasteiger partial charge is 0.0591 e. The summed E-state index contributed by atoms with van der Waals surface area (Å²) in [5.74, 6) is 0. The standard InChI is InChI=1S/C6H14O.H3N/c1-4-5-6(2,3)7;/h7H,4-5H2,1-3H3;1H3. The van der Waals surface area contributed by atoms with Crippen LogP contribution in [0.1, 0.15) is 33.6 Å². The molecule has 0 spiro atoms. The Labute approximate surface area is 51.5 Å². The van der Waals surface area contributed by atoms with Gasteiger partial charge in [0.15, 0.2) is 0 Å². The average Bonchev–Trinajstić information content (AvgIpc) is 1.30. The van der Waals surface area contributed by atoms with Gasteiger partial charge in [-0.25, -0.2) is 0 Å². The first-order valence-electron chi connectivity index (χ1n) is 2.78. The SMILES string of the molecule is CCCC(C)(C)O.N. The quantitative estimate of drug-likeness (QED) is 0.581. The highest BCUT2D eigenvalue weighted by Crippen LogP contribution is 2.08. The zero-order valence-electron chi connectivity index (χ0n) is 6.07. The van der Waals surface area contributed by atoms with Crippen LogP contribution in [0.15, 0.2) is 0 Å². The second kappa shape index (κ2) is 3.87. The van der Waals surface area contributed by atoms with Crippen molar-refractivity contribution in [3.63, 3.8) is 0 Å². The molecular formula is C6H17NO. The highest BCUT2D eigenvalue weighted by Gasteiger charge is 2.08. The summed E-state index contributed by atoms with van der Waals surface area (Å²) in [6.07, 6.45) is 1.95. The fraction of sp³-hybridized carbons (Fsp3) is 1.00. The summed E-state index contributed by atoms with van der Waals surface area (Å²) >= 11 is 0. The van der Waals surface area contributed by atoms with Crippen molar-refractivity contribution in [3.05, 3.63) is 0 Å². The lowest BCUT2D eigenvalue weighted by molar-refractivity contribution is 0.0703. The molecule has 0 aromatic rings. The number of hydrogen-bond donors (Lipinski definition) is 2. The van der Waals surface area contributed by atoms with Gasteiger partial charge in [0, 0.05) is 0 Å². The minimum Gasteiger partial charge on any atom is -0.390 e. The Balaban J connectivity index is 0. The third-order valence-corrected chi connectivity index (χ3v) is 0.862. The largest absolute Gasteiger partial charge is 0.390 e. The molecule has 0 aliphatic rings. The maximum atomic E-state index is 9.02. The molecule has 52 valence electrons. The van der Waals surface area contributed by atoms with Gasteiger partial charge in [0.05, 0.1) is 5.60 Å². The van der Waals surface area contributed by atoms with E-state index in [2.05, 4.69) is 6.92 Å². The van der Waals surface area contributed by atoms with E-state index in [-0.39, 0.29) is 6.15 Å². The molecule has 0 atom stereocenters. The summed E-state index contributed by atoms with van der Waals surface area (Å²) in [5, 5.41) is 9.02. The first kappa shape index (κ1) is 10.8. The fourth-order valence-corrected chi connectivity index (χ4v) is 0.612. The Morgan fingerprint density at radius 3 is 1.75 bits per heavy atom. The topological polar surface area (TPSA) is 55.2 Å². The molecule has 0 saturated carbocycles. The zero-order valence-corrected chi connectivity index (χ0v) is 6.07. The molecule has 0 unspecified atom stereocenters. The summed E-state index contributed by atoms with van der Waals surface area (Å²) in [4.78, 5) is 0. The molecule has 0 aromatic heterocycles. The van der Waals surface area contributed by atoms with Crippen LogP contribution < -0.4 is 6.15 Å². The van der Waals surface area contributed by atoms with Gasteiger partial charge in [-0.3, -0.25) is 0 Å². The van der Waals surface area contributed by atoms with E-state index in [1.165, 1.54) is 0 Å². The van der Waals surface area contributed by atoms with Crippen molar-refractivity contribution in [2.24, 2.45) is 0 Å². The minimum absolute atomic E-state index is 0. The molecule has 0 aliphatic heterocycles. The van der Waals surface area contributed by atoms with E-state index in [9.17, 15) is 0 Å². The van der Waals surface area contributed by atoms with Crippen molar-refractivity contribution in [1.82, 2.24) is 6.15 Å². The van der Waals surface area contributed by atoms with Gasteiger partial charge in [0.2, 0.25) is 0 Å². The molecule has 0 bridgehead atoms. The maximum Gasteiger partial charge on any atom is 0.0591 e. The molecular weight excluding hydrogens is 102 g/mol. The highest BCUT2D eigenvalue weighted by molar-refractivity contribution is 4.61. The van der Waals surface area contributed by atoms with Crippen molar-refractivity contribution >= 4 is 0 Å². The molecule has 0 rings (SSSR count). The van der Waals surface area contributed by atoms with E-state index in [0.717, 1.165) is 12.8 Å². The van der Waals surface area contributed by atoms with Crippen molar-refractivity contribution in [2.75, 3.05) is 0 Å². The van der Waals surface area contributed by atoms with Crippen LogP contribution in [0.4, 0.5) is 0 Å². The zero-order chi connectivity index (χ0) is 5.91. The Bertz CT molecular complexity index is 47.0. The van der Waals surface area contributed by atoms with E-state index in [4.69, 9.17) is 5.11 Å². The van der Waals surface area contributed by atoms with Gasteiger partial charge in [0.1, 0.15) is 0 Å². The Kier molecular flexibility index (Phi) is 5.23. The van der Waals surface area contributed by atoms with Gasteiger partial charge in [-0.15, -0.1) is 0 Å². The molecule has 8 heavy (non-hydrogen) atoms. The van der Waals surface area contributed by atoms with Crippen molar-refractivity contribution in [1.29, 1.82) is 0 Å². The van der Waals surface area contributed by atoms with Crippen molar-refractivity contribution in [3.8, 4) is 0 Å². The maximum absolute atomic E-state index is 9.02. The molecule has 0 radical (unpaired) electrons. The van der Waals surface area contributed by atoms with E-state index >= 15 is 0 Å². The number of hydrogen-bond acceptors (Lipinski definition) is 2. The van der Waals surface area contributed by atoms with E-state index in [0.29, 0.717) is 0 Å². The highest BCUT2D eigenvalue weighted by atomic mass is 16.3. The average molecular weight is 119 g/mol. The van der Waals surface area contributed by atoms with Gasteiger partial charge >= 0.3 is 0 Å². The van der Waals surface area contributed by atoms with Crippen molar-refractivity contribution in [2.45, 2.75) is 39.2 Å². The molecule has 0 aromatic carbocycles. The second-order valence-corrected chi connectivity index (χ2v) is 2.56. The molecule has 0 amide bonds. The summed E-state index contributed by atoms with van der Waals surface area (Å²) in [6.45, 7) is 5.73. The molecule has 0 saturated heterocycles.